The summed E-state index contributed by atoms with van der Waals surface area (Å²) in [4.78, 5) is 0. The Kier molecular flexibility index (Phi) is 4.44. The molecule has 2 N–H and O–H groups in total. The number of anilines is 1. The molecule has 0 unspecified atom stereocenters. The maximum absolute atomic E-state index is 11.5. The molecular formula is C10H14ClNO3S. The molecule has 0 saturated carbocycles. The molecule has 1 aromatic rings. The van der Waals surface area contributed by atoms with E-state index in [1.54, 1.807) is 0 Å². The largest absolute Gasteiger partial charge is 0.506 e. The molecule has 0 fully saturated rings. The third-order valence-corrected chi connectivity index (χ3v) is 3.58. The fraction of sp³-hybridized carbons (Fsp3) is 0.400. The summed E-state index contributed by atoms with van der Waals surface area (Å²) in [5.74, 6) is -0.126. The lowest BCUT2D eigenvalue weighted by Crippen LogP contribution is -2.16. The highest BCUT2D eigenvalue weighted by Gasteiger charge is 2.12. The van der Waals surface area contributed by atoms with Crippen LogP contribution < -0.4 is 4.72 Å². The standard InChI is InChI=1S/C10H14ClNO3S/c1-2-3-6-16(14,15)12-9-5-4-8(11)7-10(9)13/h4-5,7,12-13H,2-3,6H2,1H3. The van der Waals surface area contributed by atoms with Crippen LogP contribution in [0.1, 0.15) is 19.8 Å². The second kappa shape index (κ2) is 5.41. The second-order valence-corrected chi connectivity index (χ2v) is 5.71. The Hall–Kier alpha value is -0.940. The van der Waals surface area contributed by atoms with Gasteiger partial charge in [0.15, 0.2) is 0 Å². The Morgan fingerprint density at radius 2 is 2.12 bits per heavy atom. The highest BCUT2D eigenvalue weighted by Crippen LogP contribution is 2.27. The first-order chi connectivity index (χ1) is 7.44. The van der Waals surface area contributed by atoms with E-state index in [9.17, 15) is 13.5 Å². The molecule has 0 aliphatic rings. The maximum Gasteiger partial charge on any atom is 0.232 e. The number of phenols is 1. The van der Waals surface area contributed by atoms with E-state index in [4.69, 9.17) is 11.6 Å². The molecular weight excluding hydrogens is 250 g/mol. The van der Waals surface area contributed by atoms with E-state index in [0.29, 0.717) is 11.4 Å². The van der Waals surface area contributed by atoms with Crippen molar-refractivity contribution < 1.29 is 13.5 Å². The zero-order valence-electron chi connectivity index (χ0n) is 8.90. The van der Waals surface area contributed by atoms with E-state index < -0.39 is 10.0 Å². The van der Waals surface area contributed by atoms with Crippen molar-refractivity contribution in [3.8, 4) is 5.75 Å². The van der Waals surface area contributed by atoms with E-state index in [-0.39, 0.29) is 17.2 Å². The van der Waals surface area contributed by atoms with Crippen LogP contribution in [0.3, 0.4) is 0 Å². The van der Waals surface area contributed by atoms with Gasteiger partial charge in [-0.3, -0.25) is 4.72 Å². The van der Waals surface area contributed by atoms with Crippen molar-refractivity contribution in [3.05, 3.63) is 23.2 Å². The third kappa shape index (κ3) is 3.90. The molecule has 4 nitrogen and oxygen atoms in total. The maximum atomic E-state index is 11.5. The van der Waals surface area contributed by atoms with Crippen molar-refractivity contribution in [2.24, 2.45) is 0 Å². The van der Waals surface area contributed by atoms with Crippen LogP contribution in [0.2, 0.25) is 5.02 Å². The van der Waals surface area contributed by atoms with E-state index in [1.165, 1.54) is 18.2 Å². The molecule has 0 amide bonds. The Morgan fingerprint density at radius 1 is 1.44 bits per heavy atom. The molecule has 0 saturated heterocycles. The number of aromatic hydroxyl groups is 1. The number of sulfonamides is 1. The zero-order chi connectivity index (χ0) is 12.2. The van der Waals surface area contributed by atoms with Gasteiger partial charge >= 0.3 is 0 Å². The van der Waals surface area contributed by atoms with Crippen molar-refractivity contribution >= 4 is 27.3 Å². The van der Waals surface area contributed by atoms with Gasteiger partial charge in [-0.2, -0.15) is 0 Å². The molecule has 90 valence electrons. The van der Waals surface area contributed by atoms with Crippen LogP contribution in [0.5, 0.6) is 5.75 Å². The van der Waals surface area contributed by atoms with Gasteiger partial charge in [0, 0.05) is 11.1 Å². The minimum absolute atomic E-state index is 0.0472. The van der Waals surface area contributed by atoms with Crippen LogP contribution in [0.15, 0.2) is 18.2 Å². The summed E-state index contributed by atoms with van der Waals surface area (Å²) in [6, 6.07) is 4.24. The Morgan fingerprint density at radius 3 is 2.69 bits per heavy atom. The van der Waals surface area contributed by atoms with Crippen molar-refractivity contribution in [2.75, 3.05) is 10.5 Å². The van der Waals surface area contributed by atoms with Gasteiger partial charge in [0.2, 0.25) is 10.0 Å². The number of hydrogen-bond acceptors (Lipinski definition) is 3. The Balaban J connectivity index is 2.80. The zero-order valence-corrected chi connectivity index (χ0v) is 10.5. The second-order valence-electron chi connectivity index (χ2n) is 3.44. The molecule has 0 bridgehead atoms. The smallest absolute Gasteiger partial charge is 0.232 e. The van der Waals surface area contributed by atoms with Gasteiger partial charge in [0.25, 0.3) is 0 Å². The lowest BCUT2D eigenvalue weighted by Gasteiger charge is -2.09. The lowest BCUT2D eigenvalue weighted by molar-refractivity contribution is 0.477. The average Bonchev–Trinajstić information content (AvgIpc) is 2.19. The molecule has 0 radical (unpaired) electrons. The highest BCUT2D eigenvalue weighted by atomic mass is 35.5. The SMILES string of the molecule is CCCCS(=O)(=O)Nc1ccc(Cl)cc1O. The molecule has 0 aliphatic carbocycles. The lowest BCUT2D eigenvalue weighted by atomic mass is 10.3. The number of unbranched alkanes of at least 4 members (excludes halogenated alkanes) is 1. The predicted octanol–water partition coefficient (Wildman–Crippen LogP) is 2.59. The van der Waals surface area contributed by atoms with E-state index >= 15 is 0 Å². The molecule has 6 heteroatoms. The van der Waals surface area contributed by atoms with Crippen LogP contribution in [0.4, 0.5) is 5.69 Å². The summed E-state index contributed by atoms with van der Waals surface area (Å²) in [6.07, 6.45) is 1.39. The van der Waals surface area contributed by atoms with Gasteiger partial charge in [-0.15, -0.1) is 0 Å². The molecule has 0 heterocycles. The fourth-order valence-electron chi connectivity index (χ4n) is 1.14. The van der Waals surface area contributed by atoms with Gasteiger partial charge in [0.1, 0.15) is 5.75 Å². The number of benzene rings is 1. The Bertz CT molecular complexity index is 459. The molecule has 0 aliphatic heterocycles. The number of halogens is 1. The van der Waals surface area contributed by atoms with Crippen LogP contribution in [-0.2, 0) is 10.0 Å². The summed E-state index contributed by atoms with van der Waals surface area (Å²) in [5, 5.41) is 9.82. The minimum atomic E-state index is -3.39. The summed E-state index contributed by atoms with van der Waals surface area (Å²) in [7, 11) is -3.39. The van der Waals surface area contributed by atoms with Crippen molar-refractivity contribution in [1.82, 2.24) is 0 Å². The predicted molar refractivity (Wildman–Crippen MR) is 65.4 cm³/mol. The number of rotatable bonds is 5. The van der Waals surface area contributed by atoms with Gasteiger partial charge in [-0.05, 0) is 18.6 Å². The molecule has 0 atom stereocenters. The first kappa shape index (κ1) is 13.1. The normalized spacial score (nSPS) is 11.4. The van der Waals surface area contributed by atoms with Crippen LogP contribution in [0, 0.1) is 0 Å². The summed E-state index contributed by atoms with van der Waals surface area (Å²) >= 11 is 5.63. The van der Waals surface area contributed by atoms with Gasteiger partial charge in [0.05, 0.1) is 11.4 Å². The molecule has 1 rings (SSSR count). The quantitative estimate of drug-likeness (QED) is 0.803. The molecule has 16 heavy (non-hydrogen) atoms. The van der Waals surface area contributed by atoms with Crippen LogP contribution in [0.25, 0.3) is 0 Å². The van der Waals surface area contributed by atoms with E-state index in [1.807, 2.05) is 6.92 Å². The van der Waals surface area contributed by atoms with Gasteiger partial charge in [-0.25, -0.2) is 8.42 Å². The third-order valence-electron chi connectivity index (χ3n) is 1.99. The van der Waals surface area contributed by atoms with E-state index in [2.05, 4.69) is 4.72 Å². The Labute approximate surface area is 100 Å². The number of phenolic OH excluding ortho intramolecular Hbond substituents is 1. The van der Waals surface area contributed by atoms with Crippen molar-refractivity contribution in [1.29, 1.82) is 0 Å². The summed E-state index contributed by atoms with van der Waals surface area (Å²) < 4.78 is 25.4. The monoisotopic (exact) mass is 263 g/mol. The molecule has 0 aromatic heterocycles. The highest BCUT2D eigenvalue weighted by molar-refractivity contribution is 7.92. The fourth-order valence-corrected chi connectivity index (χ4v) is 2.59. The first-order valence-corrected chi connectivity index (χ1v) is 6.96. The average molecular weight is 264 g/mol. The molecule has 0 spiro atoms. The van der Waals surface area contributed by atoms with E-state index in [0.717, 1.165) is 6.42 Å². The molecule has 1 aromatic carbocycles. The summed E-state index contributed by atoms with van der Waals surface area (Å²) in [6.45, 7) is 1.91. The number of hydrogen-bond donors (Lipinski definition) is 2. The summed E-state index contributed by atoms with van der Waals surface area (Å²) in [5.41, 5.74) is 0.153. The van der Waals surface area contributed by atoms with Crippen LogP contribution in [-0.4, -0.2) is 19.3 Å². The number of nitrogens with one attached hydrogen (secondary N) is 1. The van der Waals surface area contributed by atoms with Gasteiger partial charge in [-0.1, -0.05) is 24.9 Å². The van der Waals surface area contributed by atoms with Gasteiger partial charge < -0.3 is 5.11 Å². The van der Waals surface area contributed by atoms with Crippen molar-refractivity contribution in [3.63, 3.8) is 0 Å². The van der Waals surface area contributed by atoms with Crippen molar-refractivity contribution in [2.45, 2.75) is 19.8 Å². The van der Waals surface area contributed by atoms with Crippen LogP contribution >= 0.6 is 11.6 Å². The minimum Gasteiger partial charge on any atom is -0.506 e. The topological polar surface area (TPSA) is 66.4 Å². The first-order valence-electron chi connectivity index (χ1n) is 4.93.